The highest BCUT2D eigenvalue weighted by Gasteiger charge is 2.39. The van der Waals surface area contributed by atoms with Crippen LogP contribution in [0.1, 0.15) is 11.1 Å². The summed E-state index contributed by atoms with van der Waals surface area (Å²) >= 11 is 0. The third-order valence-electron chi connectivity index (χ3n) is 4.96. The SMILES string of the molecule is COc1ccc(OC)c(NC2=C(c3ccccc3)C(=O)N(Cc3cccnc3)C2=O)c1. The molecule has 0 atom stereocenters. The molecule has 2 amide bonds. The molecule has 0 saturated carbocycles. The van der Waals surface area contributed by atoms with Gasteiger partial charge in [-0.3, -0.25) is 19.5 Å². The molecule has 7 heteroatoms. The van der Waals surface area contributed by atoms with E-state index in [1.165, 1.54) is 12.0 Å². The van der Waals surface area contributed by atoms with Gasteiger partial charge in [0.15, 0.2) is 0 Å². The van der Waals surface area contributed by atoms with Gasteiger partial charge in [0.2, 0.25) is 0 Å². The zero-order chi connectivity index (χ0) is 21.8. The summed E-state index contributed by atoms with van der Waals surface area (Å²) < 4.78 is 10.7. The smallest absolute Gasteiger partial charge is 0.278 e. The summed E-state index contributed by atoms with van der Waals surface area (Å²) in [6.45, 7) is 0.127. The minimum absolute atomic E-state index is 0.127. The average molecular weight is 415 g/mol. The number of imide groups is 1. The van der Waals surface area contributed by atoms with Gasteiger partial charge in [-0.25, -0.2) is 0 Å². The van der Waals surface area contributed by atoms with Gasteiger partial charge in [-0.05, 0) is 29.3 Å². The Labute approximate surface area is 179 Å². The number of pyridine rings is 1. The molecule has 0 radical (unpaired) electrons. The number of anilines is 1. The Balaban J connectivity index is 1.77. The van der Waals surface area contributed by atoms with Crippen LogP contribution in [-0.2, 0) is 16.1 Å². The molecule has 156 valence electrons. The molecule has 1 aliphatic rings. The van der Waals surface area contributed by atoms with Crippen LogP contribution < -0.4 is 14.8 Å². The molecule has 0 fully saturated rings. The number of amides is 2. The highest BCUT2D eigenvalue weighted by molar-refractivity contribution is 6.36. The van der Waals surface area contributed by atoms with E-state index < -0.39 is 5.91 Å². The van der Waals surface area contributed by atoms with Crippen LogP contribution in [-0.4, -0.2) is 35.9 Å². The van der Waals surface area contributed by atoms with Crippen LogP contribution >= 0.6 is 0 Å². The summed E-state index contributed by atoms with van der Waals surface area (Å²) in [7, 11) is 3.09. The summed E-state index contributed by atoms with van der Waals surface area (Å²) in [5.41, 5.74) is 2.43. The first-order valence-electron chi connectivity index (χ1n) is 9.66. The van der Waals surface area contributed by atoms with Crippen LogP contribution in [0.25, 0.3) is 5.57 Å². The van der Waals surface area contributed by atoms with Crippen LogP contribution in [0.2, 0.25) is 0 Å². The minimum atomic E-state index is -0.419. The van der Waals surface area contributed by atoms with Crippen molar-refractivity contribution in [3.8, 4) is 11.5 Å². The molecule has 31 heavy (non-hydrogen) atoms. The fraction of sp³-hybridized carbons (Fsp3) is 0.125. The highest BCUT2D eigenvalue weighted by atomic mass is 16.5. The van der Waals surface area contributed by atoms with Crippen LogP contribution in [0, 0.1) is 0 Å². The maximum atomic E-state index is 13.4. The van der Waals surface area contributed by atoms with Crippen LogP contribution in [0.15, 0.2) is 78.8 Å². The largest absolute Gasteiger partial charge is 0.497 e. The number of aromatic nitrogens is 1. The molecule has 0 bridgehead atoms. The van der Waals surface area contributed by atoms with Crippen LogP contribution in [0.5, 0.6) is 11.5 Å². The first-order valence-corrected chi connectivity index (χ1v) is 9.66. The van der Waals surface area contributed by atoms with Crippen molar-refractivity contribution in [3.05, 3.63) is 89.9 Å². The number of rotatable bonds is 7. The van der Waals surface area contributed by atoms with Gasteiger partial charge >= 0.3 is 0 Å². The lowest BCUT2D eigenvalue weighted by Gasteiger charge is -2.16. The van der Waals surface area contributed by atoms with Gasteiger partial charge in [0.25, 0.3) is 11.8 Å². The van der Waals surface area contributed by atoms with Gasteiger partial charge in [0.1, 0.15) is 17.2 Å². The monoisotopic (exact) mass is 415 g/mol. The Hall–Kier alpha value is -4.13. The van der Waals surface area contributed by atoms with E-state index in [9.17, 15) is 9.59 Å². The molecular weight excluding hydrogens is 394 g/mol. The van der Waals surface area contributed by atoms with Crippen molar-refractivity contribution in [1.29, 1.82) is 0 Å². The van der Waals surface area contributed by atoms with Gasteiger partial charge in [0.05, 0.1) is 32.0 Å². The van der Waals surface area contributed by atoms with Crippen molar-refractivity contribution >= 4 is 23.1 Å². The Morgan fingerprint density at radius 1 is 0.935 bits per heavy atom. The van der Waals surface area contributed by atoms with Crippen LogP contribution in [0.4, 0.5) is 5.69 Å². The Morgan fingerprint density at radius 2 is 1.74 bits per heavy atom. The van der Waals surface area contributed by atoms with E-state index in [1.54, 1.807) is 55.9 Å². The maximum absolute atomic E-state index is 13.4. The number of hydrogen-bond donors (Lipinski definition) is 1. The van der Waals surface area contributed by atoms with Crippen molar-refractivity contribution in [3.63, 3.8) is 0 Å². The number of nitrogens with one attached hydrogen (secondary N) is 1. The van der Waals surface area contributed by atoms with Gasteiger partial charge in [-0.2, -0.15) is 0 Å². The molecule has 4 rings (SSSR count). The first-order chi connectivity index (χ1) is 15.1. The molecule has 2 heterocycles. The molecule has 0 saturated heterocycles. The Kier molecular flexibility index (Phi) is 5.66. The molecule has 0 spiro atoms. The van der Waals surface area contributed by atoms with Crippen molar-refractivity contribution in [1.82, 2.24) is 9.88 Å². The lowest BCUT2D eigenvalue weighted by atomic mass is 10.0. The summed E-state index contributed by atoms with van der Waals surface area (Å²) in [6.07, 6.45) is 3.28. The number of ether oxygens (including phenoxy) is 2. The topological polar surface area (TPSA) is 80.8 Å². The zero-order valence-electron chi connectivity index (χ0n) is 17.2. The molecule has 1 aromatic heterocycles. The van der Waals surface area contributed by atoms with E-state index >= 15 is 0 Å². The summed E-state index contributed by atoms with van der Waals surface area (Å²) in [4.78, 5) is 32.0. The lowest BCUT2D eigenvalue weighted by molar-refractivity contribution is -0.137. The Morgan fingerprint density at radius 3 is 2.42 bits per heavy atom. The molecule has 0 unspecified atom stereocenters. The number of benzene rings is 2. The van der Waals surface area contributed by atoms with Crippen molar-refractivity contribution in [2.75, 3.05) is 19.5 Å². The predicted octanol–water partition coefficient (Wildman–Crippen LogP) is 3.49. The lowest BCUT2D eigenvalue weighted by Crippen LogP contribution is -2.32. The number of nitrogens with zero attached hydrogens (tertiary/aromatic N) is 2. The standard InChI is InChI=1S/C24H21N3O4/c1-30-18-10-11-20(31-2)19(13-18)26-22-21(17-8-4-3-5-9-17)23(28)27(24(22)29)15-16-7-6-12-25-14-16/h3-14,26H,15H2,1-2H3. The van der Waals surface area contributed by atoms with Crippen molar-refractivity contribution in [2.45, 2.75) is 6.54 Å². The fourth-order valence-electron chi connectivity index (χ4n) is 3.43. The van der Waals surface area contributed by atoms with Crippen LogP contribution in [0.3, 0.4) is 0 Å². The van der Waals surface area contributed by atoms with E-state index in [0.717, 1.165) is 5.56 Å². The number of hydrogen-bond acceptors (Lipinski definition) is 6. The average Bonchev–Trinajstić information content (AvgIpc) is 3.04. The van der Waals surface area contributed by atoms with Gasteiger partial charge < -0.3 is 14.8 Å². The van der Waals surface area contributed by atoms with Gasteiger partial charge in [-0.1, -0.05) is 36.4 Å². The third kappa shape index (κ3) is 3.98. The van der Waals surface area contributed by atoms with E-state index in [2.05, 4.69) is 10.3 Å². The van der Waals surface area contributed by atoms with E-state index in [4.69, 9.17) is 9.47 Å². The van der Waals surface area contributed by atoms with Crippen molar-refractivity contribution in [2.24, 2.45) is 0 Å². The third-order valence-corrected chi connectivity index (χ3v) is 4.96. The second-order valence-corrected chi connectivity index (χ2v) is 6.86. The zero-order valence-corrected chi connectivity index (χ0v) is 17.2. The number of carbonyl (C=O) groups excluding carboxylic acids is 2. The summed E-state index contributed by atoms with van der Waals surface area (Å²) in [5.74, 6) is 0.322. The first kappa shape index (κ1) is 20.2. The predicted molar refractivity (Wildman–Crippen MR) is 116 cm³/mol. The molecule has 0 aliphatic carbocycles. The van der Waals surface area contributed by atoms with Crippen molar-refractivity contribution < 1.29 is 19.1 Å². The molecule has 1 aliphatic heterocycles. The quantitative estimate of drug-likeness (QED) is 0.595. The highest BCUT2D eigenvalue weighted by Crippen LogP contribution is 2.35. The van der Waals surface area contributed by atoms with E-state index in [0.29, 0.717) is 28.3 Å². The molecular formula is C24H21N3O4. The Bertz CT molecular complexity index is 1140. The normalized spacial score (nSPS) is 13.5. The summed E-state index contributed by atoms with van der Waals surface area (Å²) in [5, 5.41) is 3.13. The van der Waals surface area contributed by atoms with Gasteiger partial charge in [-0.15, -0.1) is 0 Å². The number of carbonyl (C=O) groups is 2. The molecule has 2 aromatic carbocycles. The fourth-order valence-corrected chi connectivity index (χ4v) is 3.43. The maximum Gasteiger partial charge on any atom is 0.278 e. The summed E-state index contributed by atoms with van der Waals surface area (Å²) in [6, 6.07) is 17.9. The molecule has 7 nitrogen and oxygen atoms in total. The molecule has 1 N–H and O–H groups in total. The number of methoxy groups -OCH3 is 2. The van der Waals surface area contributed by atoms with E-state index in [-0.39, 0.29) is 18.1 Å². The van der Waals surface area contributed by atoms with Gasteiger partial charge in [0, 0.05) is 18.5 Å². The minimum Gasteiger partial charge on any atom is -0.497 e. The molecule has 3 aromatic rings. The van der Waals surface area contributed by atoms with E-state index in [1.807, 2.05) is 24.3 Å². The second kappa shape index (κ2) is 8.71. The second-order valence-electron chi connectivity index (χ2n) is 6.86.